The molecule has 3 rings (SSSR count). The van der Waals surface area contributed by atoms with Gasteiger partial charge in [0.2, 0.25) is 0 Å². The summed E-state index contributed by atoms with van der Waals surface area (Å²) in [5.41, 5.74) is 4.47. The molecule has 1 saturated heterocycles. The van der Waals surface area contributed by atoms with Crippen LogP contribution in [0.25, 0.3) is 0 Å². The van der Waals surface area contributed by atoms with Gasteiger partial charge in [0.1, 0.15) is 0 Å². The van der Waals surface area contributed by atoms with Gasteiger partial charge in [0.25, 0.3) is 0 Å². The molecule has 1 aromatic rings. The first-order valence-corrected chi connectivity index (χ1v) is 7.88. The minimum absolute atomic E-state index is 0.933. The molecule has 0 aromatic heterocycles. The maximum atomic E-state index is 3.47. The maximum Gasteiger partial charge on any atom is 0.0398 e. The molecule has 2 aliphatic heterocycles. The maximum absolute atomic E-state index is 3.47. The van der Waals surface area contributed by atoms with Crippen LogP contribution in [0.15, 0.2) is 18.2 Å². The number of fused-ring (bicyclic) bond motifs is 1. The highest BCUT2D eigenvalue weighted by Crippen LogP contribution is 2.28. The van der Waals surface area contributed by atoms with Crippen LogP contribution >= 0.6 is 0 Å². The van der Waals surface area contributed by atoms with E-state index in [4.69, 9.17) is 0 Å². The van der Waals surface area contributed by atoms with Gasteiger partial charge in [0.15, 0.2) is 0 Å². The van der Waals surface area contributed by atoms with Crippen molar-refractivity contribution in [1.29, 1.82) is 0 Å². The average Bonchev–Trinajstić information content (AvgIpc) is 2.92. The number of nitrogens with zero attached hydrogens (tertiary/aromatic N) is 1. The molecule has 2 aliphatic rings. The van der Waals surface area contributed by atoms with Crippen molar-refractivity contribution in [2.45, 2.75) is 39.0 Å². The zero-order valence-electron chi connectivity index (χ0n) is 12.1. The summed E-state index contributed by atoms with van der Waals surface area (Å²) >= 11 is 0. The number of benzene rings is 1. The Labute approximate surface area is 117 Å². The molecular formula is C17H26N2. The van der Waals surface area contributed by atoms with Crippen LogP contribution in [0.1, 0.15) is 36.8 Å². The fourth-order valence-corrected chi connectivity index (χ4v) is 3.57. The van der Waals surface area contributed by atoms with Crippen LogP contribution < -0.4 is 10.2 Å². The molecule has 1 atom stereocenters. The van der Waals surface area contributed by atoms with Gasteiger partial charge in [-0.25, -0.2) is 0 Å². The van der Waals surface area contributed by atoms with Gasteiger partial charge >= 0.3 is 0 Å². The van der Waals surface area contributed by atoms with E-state index >= 15 is 0 Å². The number of hydrogen-bond donors (Lipinski definition) is 1. The summed E-state index contributed by atoms with van der Waals surface area (Å²) in [6.07, 6.45) is 6.71. The average molecular weight is 258 g/mol. The predicted molar refractivity (Wildman–Crippen MR) is 81.9 cm³/mol. The Hall–Kier alpha value is -1.02. The molecule has 0 aliphatic carbocycles. The second kappa shape index (κ2) is 5.96. The molecule has 1 aromatic carbocycles. The lowest BCUT2D eigenvalue weighted by molar-refractivity contribution is 0.503. The standard InChI is InChI=1S/C17H26N2/c1-14-6-7-17-16(12-14)5-3-11-19(17)10-2-4-15-8-9-18-13-15/h6-7,12,15,18H,2-5,8-11,13H2,1H3. The highest BCUT2D eigenvalue weighted by molar-refractivity contribution is 5.56. The molecular weight excluding hydrogens is 232 g/mol. The molecule has 0 amide bonds. The minimum atomic E-state index is 0.933. The lowest BCUT2D eigenvalue weighted by atomic mass is 9.98. The van der Waals surface area contributed by atoms with Gasteiger partial charge in [0, 0.05) is 18.8 Å². The molecule has 104 valence electrons. The van der Waals surface area contributed by atoms with E-state index in [1.54, 1.807) is 5.56 Å². The zero-order valence-corrected chi connectivity index (χ0v) is 12.1. The van der Waals surface area contributed by atoms with Gasteiger partial charge in [-0.05, 0) is 69.7 Å². The van der Waals surface area contributed by atoms with E-state index in [1.165, 1.54) is 69.5 Å². The Kier molecular flexibility index (Phi) is 4.07. The highest BCUT2D eigenvalue weighted by Gasteiger charge is 2.18. The van der Waals surface area contributed by atoms with E-state index < -0.39 is 0 Å². The third-order valence-electron chi connectivity index (χ3n) is 4.65. The fraction of sp³-hybridized carbons (Fsp3) is 0.647. The molecule has 2 heteroatoms. The summed E-state index contributed by atoms with van der Waals surface area (Å²) in [5, 5.41) is 3.47. The van der Waals surface area contributed by atoms with Gasteiger partial charge in [-0.1, -0.05) is 17.7 Å². The molecule has 2 nitrogen and oxygen atoms in total. The summed E-state index contributed by atoms with van der Waals surface area (Å²) in [6.45, 7) is 7.17. The molecule has 0 bridgehead atoms. The largest absolute Gasteiger partial charge is 0.371 e. The third-order valence-corrected chi connectivity index (χ3v) is 4.65. The number of hydrogen-bond acceptors (Lipinski definition) is 2. The number of nitrogens with one attached hydrogen (secondary N) is 1. The summed E-state index contributed by atoms with van der Waals surface area (Å²) < 4.78 is 0. The summed E-state index contributed by atoms with van der Waals surface area (Å²) in [5.74, 6) is 0.933. The Morgan fingerprint density at radius 2 is 2.32 bits per heavy atom. The van der Waals surface area contributed by atoms with Crippen molar-refractivity contribution in [3.05, 3.63) is 29.3 Å². The molecule has 1 N–H and O–H groups in total. The normalized spacial score (nSPS) is 22.6. The van der Waals surface area contributed by atoms with Crippen molar-refractivity contribution >= 4 is 5.69 Å². The fourth-order valence-electron chi connectivity index (χ4n) is 3.57. The Morgan fingerprint density at radius 1 is 1.37 bits per heavy atom. The zero-order chi connectivity index (χ0) is 13.1. The number of anilines is 1. The smallest absolute Gasteiger partial charge is 0.0398 e. The molecule has 0 spiro atoms. The van der Waals surface area contributed by atoms with Crippen molar-refractivity contribution in [3.8, 4) is 0 Å². The van der Waals surface area contributed by atoms with Crippen LogP contribution in [-0.4, -0.2) is 26.2 Å². The topological polar surface area (TPSA) is 15.3 Å². The molecule has 0 saturated carbocycles. The van der Waals surface area contributed by atoms with E-state index in [0.29, 0.717) is 0 Å². The lowest BCUT2D eigenvalue weighted by Gasteiger charge is -2.32. The quantitative estimate of drug-likeness (QED) is 0.892. The molecule has 19 heavy (non-hydrogen) atoms. The molecule has 0 radical (unpaired) electrons. The monoisotopic (exact) mass is 258 g/mol. The van der Waals surface area contributed by atoms with Gasteiger partial charge in [-0.3, -0.25) is 0 Å². The summed E-state index contributed by atoms with van der Waals surface area (Å²) in [4.78, 5) is 2.61. The first-order chi connectivity index (χ1) is 9.33. The van der Waals surface area contributed by atoms with E-state index in [-0.39, 0.29) is 0 Å². The first-order valence-electron chi connectivity index (χ1n) is 7.88. The Bertz CT molecular complexity index is 421. The minimum Gasteiger partial charge on any atom is -0.371 e. The van der Waals surface area contributed by atoms with Crippen molar-refractivity contribution in [3.63, 3.8) is 0 Å². The Morgan fingerprint density at radius 3 is 3.16 bits per heavy atom. The SMILES string of the molecule is Cc1ccc2c(c1)CCCN2CCCC1CCNC1. The van der Waals surface area contributed by atoms with Crippen molar-refractivity contribution in [1.82, 2.24) is 5.32 Å². The summed E-state index contributed by atoms with van der Waals surface area (Å²) in [7, 11) is 0. The first kappa shape index (κ1) is 13.0. The molecule has 2 heterocycles. The second-order valence-corrected chi connectivity index (χ2v) is 6.22. The van der Waals surface area contributed by atoms with E-state index in [0.717, 1.165) is 5.92 Å². The predicted octanol–water partition coefficient (Wildman–Crippen LogP) is 3.14. The van der Waals surface area contributed by atoms with Crippen LogP contribution in [0.5, 0.6) is 0 Å². The molecule has 1 fully saturated rings. The van der Waals surface area contributed by atoms with Crippen LogP contribution in [0, 0.1) is 12.8 Å². The van der Waals surface area contributed by atoms with Crippen molar-refractivity contribution in [2.24, 2.45) is 5.92 Å². The van der Waals surface area contributed by atoms with Gasteiger partial charge in [-0.15, -0.1) is 0 Å². The van der Waals surface area contributed by atoms with Crippen LogP contribution in [-0.2, 0) is 6.42 Å². The van der Waals surface area contributed by atoms with Gasteiger partial charge in [0.05, 0.1) is 0 Å². The molecule has 1 unspecified atom stereocenters. The highest BCUT2D eigenvalue weighted by atomic mass is 15.1. The van der Waals surface area contributed by atoms with Crippen LogP contribution in [0.4, 0.5) is 5.69 Å². The van der Waals surface area contributed by atoms with Crippen molar-refractivity contribution < 1.29 is 0 Å². The van der Waals surface area contributed by atoms with E-state index in [2.05, 4.69) is 35.3 Å². The third kappa shape index (κ3) is 3.11. The Balaban J connectivity index is 1.57. The van der Waals surface area contributed by atoms with Gasteiger partial charge < -0.3 is 10.2 Å². The van der Waals surface area contributed by atoms with Crippen LogP contribution in [0.3, 0.4) is 0 Å². The van der Waals surface area contributed by atoms with Crippen LogP contribution in [0.2, 0.25) is 0 Å². The summed E-state index contributed by atoms with van der Waals surface area (Å²) in [6, 6.07) is 6.97. The number of rotatable bonds is 4. The van der Waals surface area contributed by atoms with Gasteiger partial charge in [-0.2, -0.15) is 0 Å². The second-order valence-electron chi connectivity index (χ2n) is 6.22. The van der Waals surface area contributed by atoms with Crippen molar-refractivity contribution in [2.75, 3.05) is 31.1 Å². The van der Waals surface area contributed by atoms with E-state index in [9.17, 15) is 0 Å². The lowest BCUT2D eigenvalue weighted by Crippen LogP contribution is -2.30. The number of aryl methyl sites for hydroxylation is 2. The van der Waals surface area contributed by atoms with E-state index in [1.807, 2.05) is 0 Å².